The Hall–Kier alpha value is -4.02. The van der Waals surface area contributed by atoms with Crippen molar-refractivity contribution in [3.8, 4) is 17.5 Å². The first-order valence-corrected chi connectivity index (χ1v) is 9.39. The molecule has 11 heteroatoms. The molecule has 0 N–H and O–H groups in total. The lowest BCUT2D eigenvalue weighted by Crippen LogP contribution is -2.26. The lowest BCUT2D eigenvalue weighted by atomic mass is 10.2. The van der Waals surface area contributed by atoms with Crippen LogP contribution in [-0.2, 0) is 6.54 Å². The maximum Gasteiger partial charge on any atom is 0.573 e. The molecule has 8 nitrogen and oxygen atoms in total. The molecule has 0 saturated heterocycles. The molecule has 0 aliphatic heterocycles. The molecule has 4 rings (SSSR count). The largest absolute Gasteiger partial charge is 0.573 e. The van der Waals surface area contributed by atoms with Crippen LogP contribution in [0.15, 0.2) is 59.0 Å². The minimum Gasteiger partial charge on any atom is -0.423 e. The van der Waals surface area contributed by atoms with Crippen LogP contribution in [0.5, 0.6) is 17.5 Å². The number of hydrogen-bond donors (Lipinski definition) is 0. The highest BCUT2D eigenvalue weighted by Gasteiger charge is 2.31. The summed E-state index contributed by atoms with van der Waals surface area (Å²) in [7, 11) is 1.55. The van der Waals surface area contributed by atoms with Gasteiger partial charge in [0.25, 0.3) is 5.91 Å². The third kappa shape index (κ3) is 4.66. The van der Waals surface area contributed by atoms with Gasteiger partial charge in [0.1, 0.15) is 11.5 Å². The third-order valence-corrected chi connectivity index (χ3v) is 4.47. The van der Waals surface area contributed by atoms with E-state index in [-0.39, 0.29) is 29.9 Å². The summed E-state index contributed by atoms with van der Waals surface area (Å²) < 4.78 is 53.2. The molecule has 166 valence electrons. The second-order valence-electron chi connectivity index (χ2n) is 6.87. The van der Waals surface area contributed by atoms with Gasteiger partial charge in [-0.2, -0.15) is 4.52 Å². The van der Waals surface area contributed by atoms with Crippen molar-refractivity contribution in [2.45, 2.75) is 19.8 Å². The van der Waals surface area contributed by atoms with Crippen LogP contribution < -0.4 is 9.47 Å². The average molecular weight is 446 g/mol. The number of aromatic nitrogens is 3. The van der Waals surface area contributed by atoms with Crippen molar-refractivity contribution in [1.82, 2.24) is 19.5 Å². The Labute approximate surface area is 179 Å². The van der Waals surface area contributed by atoms with E-state index in [0.29, 0.717) is 17.0 Å². The van der Waals surface area contributed by atoms with Gasteiger partial charge in [0.05, 0.1) is 5.69 Å². The number of carbonyl (C=O) groups is 1. The predicted molar refractivity (Wildman–Crippen MR) is 105 cm³/mol. The second-order valence-corrected chi connectivity index (χ2v) is 6.87. The summed E-state index contributed by atoms with van der Waals surface area (Å²) in [4.78, 5) is 18.3. The topological polar surface area (TPSA) is 82.1 Å². The molecule has 0 saturated carbocycles. The number of rotatable bonds is 6. The number of ether oxygens (including phenoxy) is 2. The normalized spacial score (nSPS) is 11.5. The van der Waals surface area contributed by atoms with Gasteiger partial charge in [-0.3, -0.25) is 4.79 Å². The van der Waals surface area contributed by atoms with Gasteiger partial charge in [0.2, 0.25) is 5.76 Å². The van der Waals surface area contributed by atoms with Crippen LogP contribution in [0.25, 0.3) is 5.84 Å². The molecule has 0 fully saturated rings. The molecular formula is C21H17F3N4O4. The number of alkyl halides is 3. The lowest BCUT2D eigenvalue weighted by Gasteiger charge is -2.16. The Morgan fingerprint density at radius 3 is 2.41 bits per heavy atom. The van der Waals surface area contributed by atoms with E-state index in [4.69, 9.17) is 9.15 Å². The molecule has 32 heavy (non-hydrogen) atoms. The summed E-state index contributed by atoms with van der Waals surface area (Å²) in [5.41, 5.74) is 1.04. The minimum absolute atomic E-state index is 0.0470. The highest BCUT2D eigenvalue weighted by molar-refractivity contribution is 5.92. The number of hydrogen-bond acceptors (Lipinski definition) is 6. The zero-order chi connectivity index (χ0) is 22.9. The zero-order valence-corrected chi connectivity index (χ0v) is 17.0. The van der Waals surface area contributed by atoms with Gasteiger partial charge in [-0.05, 0) is 36.8 Å². The van der Waals surface area contributed by atoms with Gasteiger partial charge in [-0.1, -0.05) is 30.3 Å². The van der Waals surface area contributed by atoms with Crippen LogP contribution in [0.2, 0.25) is 0 Å². The number of para-hydroxylation sites is 1. The highest BCUT2D eigenvalue weighted by Crippen LogP contribution is 2.24. The maximum atomic E-state index is 12.8. The van der Waals surface area contributed by atoms with Crippen molar-refractivity contribution >= 4 is 11.8 Å². The molecule has 2 aromatic heterocycles. The number of nitrogens with zero attached hydrogens (tertiary/aromatic N) is 4. The van der Waals surface area contributed by atoms with E-state index in [1.165, 1.54) is 33.7 Å². The lowest BCUT2D eigenvalue weighted by molar-refractivity contribution is -0.274. The van der Waals surface area contributed by atoms with E-state index >= 15 is 0 Å². The molecule has 2 aromatic carbocycles. The van der Waals surface area contributed by atoms with E-state index in [1.807, 2.05) is 18.2 Å². The number of carbonyl (C=O) groups excluding carboxylic acids is 1. The number of halogens is 3. The number of aryl methyl sites for hydroxylation is 1. The third-order valence-electron chi connectivity index (χ3n) is 4.47. The fourth-order valence-electron chi connectivity index (χ4n) is 2.98. The van der Waals surface area contributed by atoms with Gasteiger partial charge in [0, 0.05) is 13.6 Å². The van der Waals surface area contributed by atoms with Crippen molar-refractivity contribution in [3.63, 3.8) is 0 Å². The number of amides is 1. The maximum absolute atomic E-state index is 12.8. The van der Waals surface area contributed by atoms with Crippen LogP contribution in [0, 0.1) is 6.92 Å². The first-order chi connectivity index (χ1) is 15.2. The van der Waals surface area contributed by atoms with Crippen LogP contribution in [0.1, 0.15) is 21.8 Å². The fraction of sp³-hybridized carbons (Fsp3) is 0.190. The van der Waals surface area contributed by atoms with E-state index in [1.54, 1.807) is 26.1 Å². The summed E-state index contributed by atoms with van der Waals surface area (Å²) in [6, 6.07) is 14.3. The minimum atomic E-state index is -4.76. The van der Waals surface area contributed by atoms with Crippen LogP contribution in [0.4, 0.5) is 13.2 Å². The van der Waals surface area contributed by atoms with Crippen molar-refractivity contribution in [1.29, 1.82) is 0 Å². The zero-order valence-electron chi connectivity index (χ0n) is 17.0. The van der Waals surface area contributed by atoms with E-state index in [2.05, 4.69) is 14.8 Å². The monoisotopic (exact) mass is 446 g/mol. The van der Waals surface area contributed by atoms with Crippen LogP contribution in [0.3, 0.4) is 0 Å². The quantitative estimate of drug-likeness (QED) is 0.431. The summed E-state index contributed by atoms with van der Waals surface area (Å²) in [6.07, 6.45) is -4.76. The van der Waals surface area contributed by atoms with Crippen molar-refractivity contribution < 1.29 is 31.9 Å². The van der Waals surface area contributed by atoms with E-state index < -0.39 is 12.3 Å². The first kappa shape index (κ1) is 21.2. The fourth-order valence-corrected chi connectivity index (χ4v) is 2.98. The molecule has 0 radical (unpaired) electrons. The smallest absolute Gasteiger partial charge is 0.423 e. The standard InChI is InChI=1S/C21H17F3N4O4/c1-13-17(31-20-25-19(26-28(13)20)30-15-6-4-3-5-7-15)18(29)27(2)12-14-8-10-16(11-9-14)32-21(22,23)24/h3-11H,12H2,1-2H3. The Balaban J connectivity index is 1.45. The Bertz CT molecular complexity index is 1230. The van der Waals surface area contributed by atoms with Gasteiger partial charge < -0.3 is 18.8 Å². The average Bonchev–Trinajstić information content (AvgIpc) is 3.27. The molecule has 0 atom stereocenters. The summed E-state index contributed by atoms with van der Waals surface area (Å²) in [5.74, 6) is -0.0698. The number of fused-ring (bicyclic) bond motifs is 1. The Kier molecular flexibility index (Phi) is 5.47. The van der Waals surface area contributed by atoms with Gasteiger partial charge >= 0.3 is 18.2 Å². The summed E-state index contributed by atoms with van der Waals surface area (Å²) in [5, 5.41) is 4.21. The van der Waals surface area contributed by atoms with Gasteiger partial charge in [-0.25, -0.2) is 0 Å². The van der Waals surface area contributed by atoms with Gasteiger partial charge in [-0.15, -0.1) is 23.3 Å². The number of benzene rings is 2. The van der Waals surface area contributed by atoms with E-state index in [9.17, 15) is 18.0 Å². The van der Waals surface area contributed by atoms with Gasteiger partial charge in [0.15, 0.2) is 0 Å². The molecule has 0 spiro atoms. The Morgan fingerprint density at radius 2 is 1.78 bits per heavy atom. The van der Waals surface area contributed by atoms with Crippen LogP contribution in [-0.4, -0.2) is 38.8 Å². The van der Waals surface area contributed by atoms with E-state index in [0.717, 1.165) is 0 Å². The molecule has 4 aromatic rings. The summed E-state index contributed by atoms with van der Waals surface area (Å²) in [6.45, 7) is 1.80. The van der Waals surface area contributed by atoms with Crippen molar-refractivity contribution in [3.05, 3.63) is 71.6 Å². The molecule has 0 bridgehead atoms. The molecule has 0 aliphatic rings. The molecule has 0 unspecified atom stereocenters. The molecular weight excluding hydrogens is 429 g/mol. The predicted octanol–water partition coefficient (Wildman–Crippen LogP) is 4.59. The Morgan fingerprint density at radius 1 is 1.09 bits per heavy atom. The molecule has 2 heterocycles. The molecule has 0 aliphatic carbocycles. The van der Waals surface area contributed by atoms with Crippen molar-refractivity contribution in [2.75, 3.05) is 7.05 Å². The second kappa shape index (κ2) is 8.25. The van der Waals surface area contributed by atoms with Crippen molar-refractivity contribution in [2.24, 2.45) is 0 Å². The molecule has 1 amide bonds. The van der Waals surface area contributed by atoms with Crippen LogP contribution >= 0.6 is 0 Å². The number of oxazole rings is 1. The SMILES string of the molecule is Cc1c(C(=O)N(C)Cc2ccc(OC(F)(F)F)cc2)oc2nc(Oc3ccccc3)nn12. The first-order valence-electron chi connectivity index (χ1n) is 9.39. The summed E-state index contributed by atoms with van der Waals surface area (Å²) >= 11 is 0. The highest BCUT2D eigenvalue weighted by atomic mass is 19.4.